The molecule has 16 heavy (non-hydrogen) atoms. The molecule has 6 nitrogen and oxygen atoms in total. The predicted octanol–water partition coefficient (Wildman–Crippen LogP) is 1.69. The van der Waals surface area contributed by atoms with Crippen molar-refractivity contribution in [3.63, 3.8) is 0 Å². The van der Waals surface area contributed by atoms with E-state index in [1.807, 2.05) is 0 Å². The van der Waals surface area contributed by atoms with Crippen LogP contribution in [-0.2, 0) is 13.9 Å². The van der Waals surface area contributed by atoms with Crippen LogP contribution in [0.15, 0.2) is 0 Å². The van der Waals surface area contributed by atoms with Crippen molar-refractivity contribution in [2.24, 2.45) is 11.0 Å². The van der Waals surface area contributed by atoms with Crippen molar-refractivity contribution in [2.75, 3.05) is 0 Å². The van der Waals surface area contributed by atoms with Crippen molar-refractivity contribution in [1.82, 2.24) is 0 Å². The molecule has 0 spiro atoms. The van der Waals surface area contributed by atoms with E-state index in [1.54, 1.807) is 0 Å². The van der Waals surface area contributed by atoms with Gasteiger partial charge in [0.1, 0.15) is 0 Å². The molecule has 0 aliphatic rings. The van der Waals surface area contributed by atoms with Crippen LogP contribution < -0.4 is 11.0 Å². The predicted molar refractivity (Wildman–Crippen MR) is 65.3 cm³/mol. The van der Waals surface area contributed by atoms with Gasteiger partial charge in [-0.2, -0.15) is 0 Å². The molecule has 5 N–H and O–H groups in total. The highest BCUT2D eigenvalue weighted by Crippen LogP contribution is 2.64. The molecule has 0 aromatic heterocycles. The standard InChI is InChI=1S/C8H20N2O4P2/c1-5(2)15(9,13)8(7(11)12)16(10,14)6(3)4/h5-6,8H,1-4H3,(H2,9,13)(H2,10,14)(H,11,12). The van der Waals surface area contributed by atoms with E-state index in [9.17, 15) is 13.9 Å². The Morgan fingerprint density at radius 2 is 1.25 bits per heavy atom. The van der Waals surface area contributed by atoms with E-state index >= 15 is 0 Å². The smallest absolute Gasteiger partial charge is 0.324 e. The average Bonchev–Trinajstić information content (AvgIpc) is 2.00. The second kappa shape index (κ2) is 5.01. The van der Waals surface area contributed by atoms with Crippen LogP contribution in [0.25, 0.3) is 0 Å². The molecular weight excluding hydrogens is 250 g/mol. The first-order valence-corrected chi connectivity index (χ1v) is 8.77. The normalized spacial score (nSPS) is 21.5. The fourth-order valence-corrected chi connectivity index (χ4v) is 6.87. The number of rotatable bonds is 5. The Hall–Kier alpha value is -0.150. The van der Waals surface area contributed by atoms with Crippen molar-refractivity contribution in [2.45, 2.75) is 44.4 Å². The van der Waals surface area contributed by atoms with Crippen LogP contribution in [0, 0.1) is 0 Å². The maximum atomic E-state index is 12.2. The van der Waals surface area contributed by atoms with Crippen LogP contribution in [0.5, 0.6) is 0 Å². The van der Waals surface area contributed by atoms with E-state index in [-0.39, 0.29) is 0 Å². The Labute approximate surface area is 95.6 Å². The fourth-order valence-electron chi connectivity index (χ4n) is 1.19. The summed E-state index contributed by atoms with van der Waals surface area (Å²) in [6.07, 6.45) is 0. The summed E-state index contributed by atoms with van der Waals surface area (Å²) in [5.74, 6) is -1.45. The molecule has 0 rings (SSSR count). The van der Waals surface area contributed by atoms with Crippen LogP contribution in [-0.4, -0.2) is 27.8 Å². The van der Waals surface area contributed by atoms with Crippen molar-refractivity contribution in [3.8, 4) is 0 Å². The minimum atomic E-state index is -3.59. The van der Waals surface area contributed by atoms with Gasteiger partial charge in [-0.15, -0.1) is 0 Å². The van der Waals surface area contributed by atoms with Crippen molar-refractivity contribution >= 4 is 20.6 Å². The Morgan fingerprint density at radius 3 is 1.38 bits per heavy atom. The van der Waals surface area contributed by atoms with Gasteiger partial charge in [-0.05, 0) is 0 Å². The third kappa shape index (κ3) is 2.95. The number of nitrogens with two attached hydrogens (primary N) is 2. The van der Waals surface area contributed by atoms with Crippen molar-refractivity contribution in [1.29, 1.82) is 0 Å². The summed E-state index contributed by atoms with van der Waals surface area (Å²) in [6.45, 7) is 6.15. The van der Waals surface area contributed by atoms with Crippen LogP contribution in [0.2, 0.25) is 0 Å². The fraction of sp³-hybridized carbons (Fsp3) is 0.875. The quantitative estimate of drug-likeness (QED) is 0.653. The SMILES string of the molecule is CC(C)P(N)(=O)C(C(=O)O)P(N)(=O)C(C)C. The number of hydrogen-bond donors (Lipinski definition) is 3. The lowest BCUT2D eigenvalue weighted by molar-refractivity contribution is -0.135. The second-order valence-electron chi connectivity index (χ2n) is 4.43. The lowest BCUT2D eigenvalue weighted by Gasteiger charge is -2.30. The zero-order chi connectivity index (χ0) is 13.3. The van der Waals surface area contributed by atoms with Crippen LogP contribution >= 0.6 is 14.6 Å². The maximum absolute atomic E-state index is 12.2. The van der Waals surface area contributed by atoms with Gasteiger partial charge >= 0.3 is 5.97 Å². The lowest BCUT2D eigenvalue weighted by atomic mass is 10.6. The molecule has 0 aliphatic heterocycles. The van der Waals surface area contributed by atoms with Crippen molar-refractivity contribution in [3.05, 3.63) is 0 Å². The minimum absolute atomic E-state index is 0.566. The van der Waals surface area contributed by atoms with Crippen LogP contribution in [0.1, 0.15) is 27.7 Å². The molecular formula is C8H20N2O4P2. The molecule has 0 saturated heterocycles. The summed E-state index contributed by atoms with van der Waals surface area (Å²) in [7, 11) is -7.19. The van der Waals surface area contributed by atoms with E-state index in [0.29, 0.717) is 0 Å². The molecule has 0 fully saturated rings. The molecule has 0 aromatic carbocycles. The van der Waals surface area contributed by atoms with Crippen molar-refractivity contribution < 1.29 is 19.0 Å². The molecule has 2 atom stereocenters. The monoisotopic (exact) mass is 270 g/mol. The van der Waals surface area contributed by atoms with Gasteiger partial charge in [0.05, 0.1) is 0 Å². The highest BCUT2D eigenvalue weighted by Gasteiger charge is 2.50. The highest BCUT2D eigenvalue weighted by molar-refractivity contribution is 7.81. The van der Waals surface area contributed by atoms with E-state index in [2.05, 4.69) is 0 Å². The first kappa shape index (κ1) is 15.9. The van der Waals surface area contributed by atoms with E-state index in [1.165, 1.54) is 27.7 Å². The molecule has 0 radical (unpaired) electrons. The molecule has 96 valence electrons. The van der Waals surface area contributed by atoms with Crippen LogP contribution in [0.3, 0.4) is 0 Å². The number of hydrogen-bond acceptors (Lipinski definition) is 3. The molecule has 0 amide bonds. The summed E-state index contributed by atoms with van der Waals surface area (Å²) < 4.78 is 24.3. The molecule has 0 aliphatic carbocycles. The Kier molecular flexibility index (Phi) is 4.96. The van der Waals surface area contributed by atoms with Gasteiger partial charge in [0.2, 0.25) is 0 Å². The lowest BCUT2D eigenvalue weighted by Crippen LogP contribution is -2.33. The summed E-state index contributed by atoms with van der Waals surface area (Å²) in [5, 5.41) is 7.39. The van der Waals surface area contributed by atoms with Crippen LogP contribution in [0.4, 0.5) is 0 Å². The summed E-state index contributed by atoms with van der Waals surface area (Å²) in [4.78, 5) is 11.1. The van der Waals surface area contributed by atoms with Gasteiger partial charge in [-0.1, -0.05) is 27.7 Å². The number of aliphatic carboxylic acids is 1. The number of carboxylic acids is 1. The van der Waals surface area contributed by atoms with Gasteiger partial charge in [0, 0.05) is 11.3 Å². The molecule has 0 bridgehead atoms. The van der Waals surface area contributed by atoms with Gasteiger partial charge in [-0.3, -0.25) is 15.8 Å². The molecule has 0 heterocycles. The minimum Gasteiger partial charge on any atom is -0.480 e. The Balaban J connectivity index is 5.62. The maximum Gasteiger partial charge on any atom is 0.324 e. The van der Waals surface area contributed by atoms with E-state index in [4.69, 9.17) is 16.1 Å². The van der Waals surface area contributed by atoms with E-state index < -0.39 is 37.3 Å². The highest BCUT2D eigenvalue weighted by atomic mass is 31.2. The molecule has 8 heteroatoms. The summed E-state index contributed by atoms with van der Waals surface area (Å²) >= 11 is 0. The second-order valence-corrected chi connectivity index (χ2v) is 11.0. The molecule has 0 aromatic rings. The third-order valence-corrected chi connectivity index (χ3v) is 9.96. The molecule has 2 unspecified atom stereocenters. The number of carboxylic acid groups (broad SMARTS) is 1. The zero-order valence-electron chi connectivity index (χ0n) is 9.95. The first-order chi connectivity index (χ1) is 6.95. The van der Waals surface area contributed by atoms with Gasteiger partial charge in [0.25, 0.3) is 0 Å². The van der Waals surface area contributed by atoms with Gasteiger partial charge < -0.3 is 14.2 Å². The number of carbonyl (C=O) groups is 1. The zero-order valence-corrected chi connectivity index (χ0v) is 11.7. The largest absolute Gasteiger partial charge is 0.480 e. The van der Waals surface area contributed by atoms with E-state index in [0.717, 1.165) is 0 Å². The Bertz CT molecular complexity index is 339. The first-order valence-electron chi connectivity index (χ1n) is 4.94. The third-order valence-electron chi connectivity index (χ3n) is 2.60. The summed E-state index contributed by atoms with van der Waals surface area (Å²) in [6, 6.07) is 0. The average molecular weight is 270 g/mol. The van der Waals surface area contributed by atoms with Gasteiger partial charge in [-0.25, -0.2) is 0 Å². The molecule has 0 saturated carbocycles. The van der Waals surface area contributed by atoms with Gasteiger partial charge in [0.15, 0.2) is 20.0 Å². The topological polar surface area (TPSA) is 123 Å². The Morgan fingerprint density at radius 1 is 1.00 bits per heavy atom. The summed E-state index contributed by atoms with van der Waals surface area (Å²) in [5.41, 5.74) is 9.97.